The molecule has 1 N–H and O–H groups in total. The molecule has 2 aromatic heterocycles. The monoisotopic (exact) mass is 262 g/mol. The molecule has 5 heteroatoms. The Bertz CT molecular complexity index is 573. The number of aryl methyl sites for hydroxylation is 1. The van der Waals surface area contributed by atoms with Crippen molar-refractivity contribution < 1.29 is 9.21 Å². The van der Waals surface area contributed by atoms with E-state index < -0.39 is 0 Å². The van der Waals surface area contributed by atoms with Gasteiger partial charge >= 0.3 is 0 Å². The fourth-order valence-corrected chi connectivity index (χ4v) is 1.43. The largest absolute Gasteiger partial charge is 0.462 e. The minimum absolute atomic E-state index is 0.279. The van der Waals surface area contributed by atoms with Crippen LogP contribution in [0.1, 0.15) is 11.5 Å². The molecule has 0 unspecified atom stereocenters. The number of amides is 1. The van der Waals surface area contributed by atoms with Gasteiger partial charge < -0.3 is 9.73 Å². The highest BCUT2D eigenvalue weighted by Gasteiger charge is 2.00. The van der Waals surface area contributed by atoms with Gasteiger partial charge in [-0.05, 0) is 37.3 Å². The van der Waals surface area contributed by atoms with Crippen molar-refractivity contribution in [2.24, 2.45) is 0 Å². The predicted octanol–water partition coefficient (Wildman–Crippen LogP) is 3.29. The first-order valence-corrected chi connectivity index (χ1v) is 5.68. The fraction of sp³-hybridized carbons (Fsp3) is 0.0769. The molecule has 0 aliphatic rings. The number of nitrogens with one attached hydrogen (secondary N) is 1. The van der Waals surface area contributed by atoms with E-state index in [1.54, 1.807) is 24.3 Å². The zero-order chi connectivity index (χ0) is 13.0. The number of anilines is 1. The highest BCUT2D eigenvalue weighted by atomic mass is 35.5. The average molecular weight is 263 g/mol. The number of furan rings is 1. The van der Waals surface area contributed by atoms with Crippen molar-refractivity contribution in [3.63, 3.8) is 0 Å². The zero-order valence-electron chi connectivity index (χ0n) is 9.68. The van der Waals surface area contributed by atoms with Gasteiger partial charge in [0, 0.05) is 12.3 Å². The van der Waals surface area contributed by atoms with Crippen molar-refractivity contribution in [3.8, 4) is 0 Å². The molecule has 0 bridgehead atoms. The van der Waals surface area contributed by atoms with E-state index in [0.29, 0.717) is 16.6 Å². The van der Waals surface area contributed by atoms with E-state index in [9.17, 15) is 4.79 Å². The molecule has 1 amide bonds. The Balaban J connectivity index is 1.96. The maximum Gasteiger partial charge on any atom is 0.249 e. The van der Waals surface area contributed by atoms with E-state index in [1.165, 1.54) is 12.3 Å². The molecule has 92 valence electrons. The third kappa shape index (κ3) is 3.46. The number of pyridine rings is 1. The molecule has 0 spiro atoms. The van der Waals surface area contributed by atoms with Gasteiger partial charge in [0.15, 0.2) is 0 Å². The molecule has 0 aliphatic carbocycles. The lowest BCUT2D eigenvalue weighted by atomic mass is 10.3. The van der Waals surface area contributed by atoms with E-state index in [2.05, 4.69) is 10.3 Å². The number of aromatic nitrogens is 1. The second-order valence-corrected chi connectivity index (χ2v) is 4.07. The van der Waals surface area contributed by atoms with Crippen LogP contribution in [0, 0.1) is 6.92 Å². The Labute approximate surface area is 109 Å². The molecule has 4 nitrogen and oxygen atoms in total. The molecule has 2 heterocycles. The Morgan fingerprint density at radius 3 is 2.83 bits per heavy atom. The minimum atomic E-state index is -0.279. The number of rotatable bonds is 3. The molecule has 0 fully saturated rings. The number of nitrogens with zero attached hydrogens (tertiary/aromatic N) is 1. The van der Waals surface area contributed by atoms with Crippen molar-refractivity contribution >= 4 is 29.4 Å². The maximum atomic E-state index is 11.6. The molecule has 0 radical (unpaired) electrons. The van der Waals surface area contributed by atoms with Crippen molar-refractivity contribution in [2.45, 2.75) is 6.92 Å². The van der Waals surface area contributed by atoms with Crippen LogP contribution in [0.15, 0.2) is 41.0 Å². The predicted molar refractivity (Wildman–Crippen MR) is 70.4 cm³/mol. The summed E-state index contributed by atoms with van der Waals surface area (Å²) in [5.74, 6) is 1.60. The molecule has 0 aromatic carbocycles. The number of hydrogen-bond donors (Lipinski definition) is 1. The Hall–Kier alpha value is -2.07. The van der Waals surface area contributed by atoms with Crippen molar-refractivity contribution in [1.82, 2.24) is 4.98 Å². The van der Waals surface area contributed by atoms with Gasteiger partial charge in [0.05, 0.1) is 5.02 Å². The molecule has 0 saturated carbocycles. The summed E-state index contributed by atoms with van der Waals surface area (Å²) in [5.41, 5.74) is 0. The van der Waals surface area contributed by atoms with Crippen LogP contribution < -0.4 is 5.32 Å². The third-order valence-electron chi connectivity index (χ3n) is 2.14. The van der Waals surface area contributed by atoms with Crippen LogP contribution in [0.4, 0.5) is 5.82 Å². The summed E-state index contributed by atoms with van der Waals surface area (Å²) >= 11 is 5.69. The van der Waals surface area contributed by atoms with Crippen LogP contribution in [0.3, 0.4) is 0 Å². The molecule has 0 aliphatic heterocycles. The molecule has 0 atom stereocenters. The fourth-order valence-electron chi connectivity index (χ4n) is 1.32. The number of carbonyl (C=O) groups is 1. The highest BCUT2D eigenvalue weighted by Crippen LogP contribution is 2.10. The summed E-state index contributed by atoms with van der Waals surface area (Å²) in [7, 11) is 0. The van der Waals surface area contributed by atoms with Crippen molar-refractivity contribution in [2.75, 3.05) is 5.32 Å². The van der Waals surface area contributed by atoms with E-state index in [4.69, 9.17) is 16.0 Å². The number of carbonyl (C=O) groups excluding carboxylic acids is 1. The zero-order valence-corrected chi connectivity index (χ0v) is 10.4. The van der Waals surface area contributed by atoms with Gasteiger partial charge in [-0.1, -0.05) is 11.6 Å². The summed E-state index contributed by atoms with van der Waals surface area (Å²) in [6, 6.07) is 6.91. The summed E-state index contributed by atoms with van der Waals surface area (Å²) in [6.07, 6.45) is 4.45. The molecule has 2 aromatic rings. The van der Waals surface area contributed by atoms with Gasteiger partial charge in [-0.3, -0.25) is 4.79 Å². The van der Waals surface area contributed by atoms with Gasteiger partial charge in [-0.2, -0.15) is 0 Å². The molecular formula is C13H11ClN2O2. The third-order valence-corrected chi connectivity index (χ3v) is 2.36. The number of hydrogen-bond acceptors (Lipinski definition) is 3. The quantitative estimate of drug-likeness (QED) is 0.864. The van der Waals surface area contributed by atoms with E-state index in [-0.39, 0.29) is 5.91 Å². The van der Waals surface area contributed by atoms with Crippen molar-refractivity contribution in [3.05, 3.63) is 53.1 Å². The van der Waals surface area contributed by atoms with Crippen LogP contribution >= 0.6 is 11.6 Å². The van der Waals surface area contributed by atoms with Gasteiger partial charge in [0.1, 0.15) is 17.3 Å². The van der Waals surface area contributed by atoms with Crippen LogP contribution in [0.5, 0.6) is 0 Å². The normalized spacial score (nSPS) is 10.8. The number of halogens is 1. The van der Waals surface area contributed by atoms with Crippen molar-refractivity contribution in [1.29, 1.82) is 0 Å². The first-order valence-electron chi connectivity index (χ1n) is 5.30. The molecular weight excluding hydrogens is 252 g/mol. The summed E-state index contributed by atoms with van der Waals surface area (Å²) in [4.78, 5) is 15.5. The van der Waals surface area contributed by atoms with Crippen LogP contribution in [-0.4, -0.2) is 10.9 Å². The first kappa shape index (κ1) is 12.4. The summed E-state index contributed by atoms with van der Waals surface area (Å²) in [5, 5.41) is 3.13. The van der Waals surface area contributed by atoms with E-state index in [0.717, 1.165) is 5.76 Å². The molecule has 0 saturated heterocycles. The SMILES string of the molecule is Cc1ccc(C=CC(=O)Nc2ccc(Cl)cn2)o1. The second kappa shape index (κ2) is 5.51. The van der Waals surface area contributed by atoms with Gasteiger partial charge in [-0.15, -0.1) is 0 Å². The molecule has 18 heavy (non-hydrogen) atoms. The van der Waals surface area contributed by atoms with Gasteiger partial charge in [0.25, 0.3) is 0 Å². The van der Waals surface area contributed by atoms with Gasteiger partial charge in [-0.25, -0.2) is 4.98 Å². The highest BCUT2D eigenvalue weighted by molar-refractivity contribution is 6.30. The second-order valence-electron chi connectivity index (χ2n) is 3.63. The van der Waals surface area contributed by atoms with E-state index >= 15 is 0 Å². The Morgan fingerprint density at radius 2 is 2.22 bits per heavy atom. The maximum absolute atomic E-state index is 11.6. The van der Waals surface area contributed by atoms with Crippen LogP contribution in [-0.2, 0) is 4.79 Å². The Morgan fingerprint density at radius 1 is 1.39 bits per heavy atom. The lowest BCUT2D eigenvalue weighted by Crippen LogP contribution is -2.08. The lowest BCUT2D eigenvalue weighted by Gasteiger charge is -1.99. The smallest absolute Gasteiger partial charge is 0.249 e. The van der Waals surface area contributed by atoms with E-state index in [1.807, 2.05) is 13.0 Å². The van der Waals surface area contributed by atoms with Crippen LogP contribution in [0.25, 0.3) is 6.08 Å². The Kier molecular flexibility index (Phi) is 3.79. The molecule has 2 rings (SSSR count). The first-order chi connectivity index (χ1) is 8.63. The average Bonchev–Trinajstić information content (AvgIpc) is 2.76. The summed E-state index contributed by atoms with van der Waals surface area (Å²) < 4.78 is 5.30. The van der Waals surface area contributed by atoms with Crippen LogP contribution in [0.2, 0.25) is 5.02 Å². The van der Waals surface area contributed by atoms with Gasteiger partial charge in [0.2, 0.25) is 5.91 Å². The minimum Gasteiger partial charge on any atom is -0.462 e. The lowest BCUT2D eigenvalue weighted by molar-refractivity contribution is -0.111. The standard InChI is InChI=1S/C13H11ClN2O2/c1-9-2-4-11(18-9)5-7-13(17)16-12-6-3-10(14)8-15-12/h2-8H,1H3,(H,15,16,17). The topological polar surface area (TPSA) is 55.1 Å². The summed E-state index contributed by atoms with van der Waals surface area (Å²) in [6.45, 7) is 1.84.